The molecule has 0 unspecified atom stereocenters. The maximum absolute atomic E-state index is 12.0. The van der Waals surface area contributed by atoms with E-state index in [1.54, 1.807) is 12.1 Å². The number of hydrogen-bond acceptors (Lipinski definition) is 4. The van der Waals surface area contributed by atoms with Crippen molar-refractivity contribution in [2.45, 2.75) is 6.54 Å². The lowest BCUT2D eigenvalue weighted by Crippen LogP contribution is -2.40. The van der Waals surface area contributed by atoms with E-state index in [4.69, 9.17) is 27.6 Å². The Morgan fingerprint density at radius 1 is 1.30 bits per heavy atom. The first-order valence-electron chi connectivity index (χ1n) is 6.49. The van der Waals surface area contributed by atoms with Gasteiger partial charge in [-0.2, -0.15) is 0 Å². The van der Waals surface area contributed by atoms with Crippen molar-refractivity contribution in [1.29, 1.82) is 0 Å². The average Bonchev–Trinajstić information content (AvgIpc) is 2.97. The molecule has 0 saturated heterocycles. The summed E-state index contributed by atoms with van der Waals surface area (Å²) in [5, 5.41) is 3.07. The van der Waals surface area contributed by atoms with Gasteiger partial charge in [0, 0.05) is 5.02 Å². The minimum atomic E-state index is -3.72. The van der Waals surface area contributed by atoms with Crippen LogP contribution in [0, 0.1) is 0 Å². The van der Waals surface area contributed by atoms with Crippen LogP contribution in [0.2, 0.25) is 10.0 Å². The standard InChI is InChI=1S/C14H14Cl2N2O4S/c1-23(20,21)18(13-7-10(15)4-5-12(13)16)9-14(19)17-8-11-3-2-6-22-11/h2-7H,8-9H2,1H3,(H,17,19). The number of furan rings is 1. The summed E-state index contributed by atoms with van der Waals surface area (Å²) in [6.45, 7) is -0.258. The van der Waals surface area contributed by atoms with E-state index in [2.05, 4.69) is 5.32 Å². The summed E-state index contributed by atoms with van der Waals surface area (Å²) >= 11 is 11.9. The van der Waals surface area contributed by atoms with Crippen molar-refractivity contribution in [2.24, 2.45) is 0 Å². The lowest BCUT2D eigenvalue weighted by atomic mass is 10.3. The molecule has 1 heterocycles. The molecule has 1 amide bonds. The molecule has 0 saturated carbocycles. The van der Waals surface area contributed by atoms with Crippen molar-refractivity contribution in [1.82, 2.24) is 5.32 Å². The molecular formula is C14H14Cl2N2O4S. The number of hydrogen-bond donors (Lipinski definition) is 1. The predicted octanol–water partition coefficient (Wildman–Crippen LogP) is 2.67. The molecular weight excluding hydrogens is 363 g/mol. The summed E-state index contributed by atoms with van der Waals surface area (Å²) in [6, 6.07) is 7.78. The van der Waals surface area contributed by atoms with E-state index in [1.807, 2.05) is 0 Å². The molecule has 0 fully saturated rings. The number of halogens is 2. The van der Waals surface area contributed by atoms with Gasteiger partial charge < -0.3 is 9.73 Å². The Morgan fingerprint density at radius 2 is 2.04 bits per heavy atom. The highest BCUT2D eigenvalue weighted by molar-refractivity contribution is 7.92. The minimum absolute atomic E-state index is 0.148. The fourth-order valence-corrected chi connectivity index (χ4v) is 3.14. The van der Waals surface area contributed by atoms with Crippen molar-refractivity contribution in [2.75, 3.05) is 17.1 Å². The van der Waals surface area contributed by atoms with Crippen LogP contribution in [0.3, 0.4) is 0 Å². The first kappa shape index (κ1) is 17.7. The van der Waals surface area contributed by atoms with Crippen molar-refractivity contribution < 1.29 is 17.6 Å². The number of amides is 1. The van der Waals surface area contributed by atoms with Crippen LogP contribution in [-0.2, 0) is 21.4 Å². The third kappa shape index (κ3) is 4.89. The van der Waals surface area contributed by atoms with Gasteiger partial charge in [-0.15, -0.1) is 0 Å². The van der Waals surface area contributed by atoms with E-state index < -0.39 is 22.5 Å². The lowest BCUT2D eigenvalue weighted by Gasteiger charge is -2.23. The molecule has 6 nitrogen and oxygen atoms in total. The summed E-state index contributed by atoms with van der Waals surface area (Å²) in [5.41, 5.74) is 0.148. The zero-order chi connectivity index (χ0) is 17.0. The largest absolute Gasteiger partial charge is 0.467 e. The lowest BCUT2D eigenvalue weighted by molar-refractivity contribution is -0.119. The molecule has 0 spiro atoms. The second kappa shape index (κ2) is 7.25. The molecule has 0 atom stereocenters. The van der Waals surface area contributed by atoms with Crippen molar-refractivity contribution in [3.8, 4) is 0 Å². The highest BCUT2D eigenvalue weighted by Gasteiger charge is 2.23. The summed E-state index contributed by atoms with van der Waals surface area (Å²) in [7, 11) is -3.72. The Kier molecular flexibility index (Phi) is 5.56. The van der Waals surface area contributed by atoms with Crippen molar-refractivity contribution >= 4 is 44.8 Å². The Bertz CT molecular complexity index is 791. The third-order valence-electron chi connectivity index (χ3n) is 2.90. The summed E-state index contributed by atoms with van der Waals surface area (Å²) in [4.78, 5) is 12.0. The number of rotatable bonds is 6. The van der Waals surface area contributed by atoms with Gasteiger partial charge in [0.15, 0.2) is 0 Å². The van der Waals surface area contributed by atoms with Crippen molar-refractivity contribution in [3.63, 3.8) is 0 Å². The normalized spacial score (nSPS) is 11.3. The first-order chi connectivity index (χ1) is 10.8. The second-order valence-electron chi connectivity index (χ2n) is 4.72. The van der Waals surface area contributed by atoms with E-state index in [0.29, 0.717) is 10.8 Å². The Hall–Kier alpha value is -1.70. The van der Waals surface area contributed by atoms with Crippen molar-refractivity contribution in [3.05, 3.63) is 52.4 Å². The Labute approximate surface area is 144 Å². The summed E-state index contributed by atoms with van der Waals surface area (Å²) in [6.07, 6.45) is 2.47. The van der Waals surface area contributed by atoms with E-state index >= 15 is 0 Å². The van der Waals surface area contributed by atoms with Crippen LogP contribution in [0.5, 0.6) is 0 Å². The zero-order valence-corrected chi connectivity index (χ0v) is 14.5. The highest BCUT2D eigenvalue weighted by atomic mass is 35.5. The Morgan fingerprint density at radius 3 is 2.65 bits per heavy atom. The molecule has 0 aliphatic rings. The van der Waals surface area contributed by atoms with E-state index in [1.165, 1.54) is 24.5 Å². The summed E-state index contributed by atoms with van der Waals surface area (Å²) in [5.74, 6) is 0.0629. The first-order valence-corrected chi connectivity index (χ1v) is 9.09. The monoisotopic (exact) mass is 376 g/mol. The maximum Gasteiger partial charge on any atom is 0.241 e. The van der Waals surface area contributed by atoms with Gasteiger partial charge in [-0.1, -0.05) is 23.2 Å². The van der Waals surface area contributed by atoms with Gasteiger partial charge in [-0.3, -0.25) is 9.10 Å². The van der Waals surface area contributed by atoms with E-state index in [-0.39, 0.29) is 17.3 Å². The molecule has 2 rings (SSSR count). The second-order valence-corrected chi connectivity index (χ2v) is 7.47. The van der Waals surface area contributed by atoms with Gasteiger partial charge in [-0.05, 0) is 30.3 Å². The van der Waals surface area contributed by atoms with Crippen LogP contribution in [0.15, 0.2) is 41.0 Å². The minimum Gasteiger partial charge on any atom is -0.467 e. The maximum atomic E-state index is 12.0. The average molecular weight is 377 g/mol. The van der Waals surface area contributed by atoms with Crippen LogP contribution >= 0.6 is 23.2 Å². The number of carbonyl (C=O) groups excluding carboxylic acids is 1. The van der Waals surface area contributed by atoms with Gasteiger partial charge >= 0.3 is 0 Å². The molecule has 1 aromatic heterocycles. The Balaban J connectivity index is 2.16. The topological polar surface area (TPSA) is 79.6 Å². The number of carbonyl (C=O) groups is 1. The number of sulfonamides is 1. The third-order valence-corrected chi connectivity index (χ3v) is 4.59. The van der Waals surface area contributed by atoms with Crippen LogP contribution in [-0.4, -0.2) is 27.1 Å². The molecule has 0 bridgehead atoms. The van der Waals surface area contributed by atoms with E-state index in [0.717, 1.165) is 10.6 Å². The highest BCUT2D eigenvalue weighted by Crippen LogP contribution is 2.30. The van der Waals surface area contributed by atoms with Gasteiger partial charge in [0.2, 0.25) is 15.9 Å². The quantitative estimate of drug-likeness (QED) is 0.840. The SMILES string of the molecule is CS(=O)(=O)N(CC(=O)NCc1ccco1)c1cc(Cl)ccc1Cl. The number of nitrogens with one attached hydrogen (secondary N) is 1. The number of nitrogens with zero attached hydrogens (tertiary/aromatic N) is 1. The molecule has 1 aromatic carbocycles. The fourth-order valence-electron chi connectivity index (χ4n) is 1.84. The number of anilines is 1. The van der Waals surface area contributed by atoms with Gasteiger partial charge in [0.25, 0.3) is 0 Å². The van der Waals surface area contributed by atoms with Crippen LogP contribution in [0.25, 0.3) is 0 Å². The summed E-state index contributed by atoms with van der Waals surface area (Å²) < 4.78 is 30.0. The molecule has 0 aliphatic carbocycles. The van der Waals surface area contributed by atoms with Gasteiger partial charge in [0.1, 0.15) is 12.3 Å². The smallest absolute Gasteiger partial charge is 0.241 e. The predicted molar refractivity (Wildman–Crippen MR) is 89.2 cm³/mol. The van der Waals surface area contributed by atoms with Crippen LogP contribution in [0.4, 0.5) is 5.69 Å². The van der Waals surface area contributed by atoms with Crippen LogP contribution in [0.1, 0.15) is 5.76 Å². The van der Waals surface area contributed by atoms with E-state index in [9.17, 15) is 13.2 Å². The van der Waals surface area contributed by atoms with Gasteiger partial charge in [0.05, 0.1) is 29.8 Å². The molecule has 0 aliphatic heterocycles. The zero-order valence-electron chi connectivity index (χ0n) is 12.1. The molecule has 2 aromatic rings. The van der Waals surface area contributed by atoms with Gasteiger partial charge in [-0.25, -0.2) is 8.42 Å². The molecule has 124 valence electrons. The number of benzene rings is 1. The molecule has 23 heavy (non-hydrogen) atoms. The fraction of sp³-hybridized carbons (Fsp3) is 0.214. The molecule has 0 radical (unpaired) electrons. The van der Waals surface area contributed by atoms with Crippen LogP contribution < -0.4 is 9.62 Å². The molecule has 9 heteroatoms. The molecule has 1 N–H and O–H groups in total.